The molecule has 20 heavy (non-hydrogen) atoms. The molecule has 0 heterocycles. The fourth-order valence-electron chi connectivity index (χ4n) is 1.65. The van der Waals surface area contributed by atoms with Crippen molar-refractivity contribution >= 4 is 21.7 Å². The van der Waals surface area contributed by atoms with Crippen LogP contribution in [0.1, 0.15) is 20.3 Å². The Labute approximate surface area is 119 Å². The minimum Gasteiger partial charge on any atom is -0.466 e. The molecule has 112 valence electrons. The SMILES string of the molecule is CCNS(=O)(=O)c1ccccc1NCCC(=O)OCC. The van der Waals surface area contributed by atoms with Gasteiger partial charge in [-0.05, 0) is 19.1 Å². The molecule has 0 spiro atoms. The van der Waals surface area contributed by atoms with Crippen molar-refractivity contribution < 1.29 is 17.9 Å². The lowest BCUT2D eigenvalue weighted by Crippen LogP contribution is -2.24. The number of benzene rings is 1. The standard InChI is InChI=1S/C13H20N2O4S/c1-3-15-20(17,18)12-8-6-5-7-11(12)14-10-9-13(16)19-4-2/h5-8,14-15H,3-4,9-10H2,1-2H3. The zero-order valence-corrected chi connectivity index (χ0v) is 12.5. The van der Waals surface area contributed by atoms with Crippen LogP contribution in [0, 0.1) is 0 Å². The van der Waals surface area contributed by atoms with Crippen LogP contribution in [0.25, 0.3) is 0 Å². The second-order valence-electron chi connectivity index (χ2n) is 3.98. The van der Waals surface area contributed by atoms with Crippen molar-refractivity contribution in [2.75, 3.05) is 25.0 Å². The van der Waals surface area contributed by atoms with Gasteiger partial charge in [-0.15, -0.1) is 0 Å². The third-order valence-corrected chi connectivity index (χ3v) is 4.06. The summed E-state index contributed by atoms with van der Waals surface area (Å²) in [4.78, 5) is 11.4. The molecule has 0 saturated carbocycles. The summed E-state index contributed by atoms with van der Waals surface area (Å²) in [6, 6.07) is 6.57. The highest BCUT2D eigenvalue weighted by atomic mass is 32.2. The third-order valence-electron chi connectivity index (χ3n) is 2.46. The summed E-state index contributed by atoms with van der Waals surface area (Å²) in [5, 5.41) is 2.95. The quantitative estimate of drug-likeness (QED) is 0.708. The molecule has 0 bridgehead atoms. The number of anilines is 1. The average molecular weight is 300 g/mol. The summed E-state index contributed by atoms with van der Waals surface area (Å²) in [5.41, 5.74) is 0.470. The molecule has 1 rings (SSSR count). The molecule has 0 unspecified atom stereocenters. The largest absolute Gasteiger partial charge is 0.466 e. The molecule has 0 aliphatic heterocycles. The summed E-state index contributed by atoms with van der Waals surface area (Å²) in [6.07, 6.45) is 0.184. The highest BCUT2D eigenvalue weighted by Gasteiger charge is 2.16. The Morgan fingerprint density at radius 2 is 1.95 bits per heavy atom. The van der Waals surface area contributed by atoms with E-state index in [0.717, 1.165) is 0 Å². The highest BCUT2D eigenvalue weighted by Crippen LogP contribution is 2.20. The van der Waals surface area contributed by atoms with Gasteiger partial charge in [0.2, 0.25) is 10.0 Å². The highest BCUT2D eigenvalue weighted by molar-refractivity contribution is 7.89. The van der Waals surface area contributed by atoms with E-state index in [1.54, 1.807) is 32.0 Å². The number of ether oxygens (including phenoxy) is 1. The van der Waals surface area contributed by atoms with Gasteiger partial charge in [-0.3, -0.25) is 4.79 Å². The van der Waals surface area contributed by atoms with Gasteiger partial charge in [0.15, 0.2) is 0 Å². The van der Waals surface area contributed by atoms with Gasteiger partial charge in [0.05, 0.1) is 18.7 Å². The number of esters is 1. The molecule has 0 atom stereocenters. The lowest BCUT2D eigenvalue weighted by molar-refractivity contribution is -0.142. The average Bonchev–Trinajstić information content (AvgIpc) is 2.39. The molecule has 0 aromatic heterocycles. The van der Waals surface area contributed by atoms with Crippen LogP contribution in [-0.4, -0.2) is 34.1 Å². The molecule has 7 heteroatoms. The zero-order valence-electron chi connectivity index (χ0n) is 11.7. The van der Waals surface area contributed by atoms with E-state index in [1.165, 1.54) is 6.07 Å². The van der Waals surface area contributed by atoms with Crippen LogP contribution in [0.2, 0.25) is 0 Å². The number of para-hydroxylation sites is 1. The first-order chi connectivity index (χ1) is 9.51. The molecular weight excluding hydrogens is 280 g/mol. The van der Waals surface area contributed by atoms with Gasteiger partial charge in [0, 0.05) is 13.1 Å². The maximum absolute atomic E-state index is 12.0. The van der Waals surface area contributed by atoms with Crippen molar-refractivity contribution in [2.45, 2.75) is 25.2 Å². The molecule has 0 radical (unpaired) electrons. The second-order valence-corrected chi connectivity index (χ2v) is 5.71. The van der Waals surface area contributed by atoms with Gasteiger partial charge < -0.3 is 10.1 Å². The van der Waals surface area contributed by atoms with Crippen LogP contribution in [0.3, 0.4) is 0 Å². The van der Waals surface area contributed by atoms with Gasteiger partial charge in [0.25, 0.3) is 0 Å². The maximum Gasteiger partial charge on any atom is 0.307 e. The maximum atomic E-state index is 12.0. The van der Waals surface area contributed by atoms with Crippen LogP contribution >= 0.6 is 0 Å². The number of sulfonamides is 1. The minimum atomic E-state index is -3.53. The summed E-state index contributed by atoms with van der Waals surface area (Å²) in [5.74, 6) is -0.313. The molecule has 0 amide bonds. The molecule has 0 fully saturated rings. The molecule has 2 N–H and O–H groups in total. The van der Waals surface area contributed by atoms with Crippen molar-refractivity contribution in [2.24, 2.45) is 0 Å². The molecule has 0 aliphatic carbocycles. The Morgan fingerprint density at radius 3 is 2.60 bits per heavy atom. The molecule has 1 aromatic rings. The molecule has 1 aromatic carbocycles. The predicted molar refractivity (Wildman–Crippen MR) is 77.0 cm³/mol. The summed E-state index contributed by atoms with van der Waals surface area (Å²) in [7, 11) is -3.53. The van der Waals surface area contributed by atoms with Crippen molar-refractivity contribution in [3.8, 4) is 0 Å². The Kier molecular flexibility index (Phi) is 6.47. The zero-order chi connectivity index (χ0) is 15.0. The van der Waals surface area contributed by atoms with Crippen molar-refractivity contribution in [1.29, 1.82) is 0 Å². The molecule has 0 saturated heterocycles. The fourth-order valence-corrected chi connectivity index (χ4v) is 2.87. The van der Waals surface area contributed by atoms with Crippen LogP contribution in [0.4, 0.5) is 5.69 Å². The smallest absolute Gasteiger partial charge is 0.307 e. The van der Waals surface area contributed by atoms with Crippen molar-refractivity contribution in [1.82, 2.24) is 4.72 Å². The van der Waals surface area contributed by atoms with Crippen LogP contribution in [0.15, 0.2) is 29.2 Å². The first-order valence-electron chi connectivity index (χ1n) is 6.49. The van der Waals surface area contributed by atoms with Gasteiger partial charge in [-0.1, -0.05) is 19.1 Å². The fraction of sp³-hybridized carbons (Fsp3) is 0.462. The van der Waals surface area contributed by atoms with Crippen LogP contribution in [0.5, 0.6) is 0 Å². The van der Waals surface area contributed by atoms with E-state index in [2.05, 4.69) is 10.0 Å². The van der Waals surface area contributed by atoms with E-state index in [4.69, 9.17) is 4.74 Å². The first kappa shape index (κ1) is 16.5. The van der Waals surface area contributed by atoms with E-state index < -0.39 is 10.0 Å². The number of carbonyl (C=O) groups is 1. The van der Waals surface area contributed by atoms with E-state index in [9.17, 15) is 13.2 Å². The van der Waals surface area contributed by atoms with E-state index in [0.29, 0.717) is 25.4 Å². The van der Waals surface area contributed by atoms with Crippen LogP contribution in [-0.2, 0) is 19.6 Å². The van der Waals surface area contributed by atoms with E-state index in [-0.39, 0.29) is 17.3 Å². The Morgan fingerprint density at radius 1 is 1.25 bits per heavy atom. The number of hydrogen-bond acceptors (Lipinski definition) is 5. The second kappa shape index (κ2) is 7.86. The van der Waals surface area contributed by atoms with Gasteiger partial charge in [-0.25, -0.2) is 13.1 Å². The van der Waals surface area contributed by atoms with Gasteiger partial charge >= 0.3 is 5.97 Å². The Bertz CT molecular complexity index is 543. The lowest BCUT2D eigenvalue weighted by atomic mass is 10.3. The Balaban J connectivity index is 2.74. The Hall–Kier alpha value is -1.60. The lowest BCUT2D eigenvalue weighted by Gasteiger charge is -2.12. The number of rotatable bonds is 8. The number of carbonyl (C=O) groups excluding carboxylic acids is 1. The van der Waals surface area contributed by atoms with Crippen molar-refractivity contribution in [3.63, 3.8) is 0 Å². The van der Waals surface area contributed by atoms with Crippen molar-refractivity contribution in [3.05, 3.63) is 24.3 Å². The topological polar surface area (TPSA) is 84.5 Å². The first-order valence-corrected chi connectivity index (χ1v) is 7.97. The minimum absolute atomic E-state index is 0.172. The van der Waals surface area contributed by atoms with E-state index >= 15 is 0 Å². The summed E-state index contributed by atoms with van der Waals surface area (Å²) in [6.45, 7) is 4.43. The monoisotopic (exact) mass is 300 g/mol. The molecule has 0 aliphatic rings. The molecule has 6 nitrogen and oxygen atoms in total. The predicted octanol–water partition coefficient (Wildman–Crippen LogP) is 1.35. The summed E-state index contributed by atoms with van der Waals surface area (Å²) >= 11 is 0. The van der Waals surface area contributed by atoms with Gasteiger partial charge in [-0.2, -0.15) is 0 Å². The number of hydrogen-bond donors (Lipinski definition) is 2. The third kappa shape index (κ3) is 4.82. The summed E-state index contributed by atoms with van der Waals surface area (Å²) < 4.78 is 31.3. The number of nitrogens with one attached hydrogen (secondary N) is 2. The normalized spacial score (nSPS) is 11.1. The van der Waals surface area contributed by atoms with E-state index in [1.807, 2.05) is 0 Å². The van der Waals surface area contributed by atoms with Crippen LogP contribution < -0.4 is 10.0 Å². The van der Waals surface area contributed by atoms with Gasteiger partial charge in [0.1, 0.15) is 4.90 Å². The molecular formula is C13H20N2O4S.